The summed E-state index contributed by atoms with van der Waals surface area (Å²) in [5.74, 6) is 0. The Morgan fingerprint density at radius 1 is 1.14 bits per heavy atom. The monoisotopic (exact) mass is 207 g/mol. The van der Waals surface area contributed by atoms with E-state index in [-0.39, 0.29) is 4.87 Å². The van der Waals surface area contributed by atoms with Gasteiger partial charge in [-0.15, -0.1) is 11.8 Å². The van der Waals surface area contributed by atoms with Crippen LogP contribution in [0.4, 0.5) is 0 Å². The second-order valence-corrected chi connectivity index (χ2v) is 5.82. The summed E-state index contributed by atoms with van der Waals surface area (Å²) in [6.07, 6.45) is 2.31. The molecule has 0 unspecified atom stereocenters. The Hall–Kier alpha value is -0.470. The molecule has 1 fully saturated rings. The molecule has 2 N–H and O–H groups in total. The Labute approximate surface area is 90.1 Å². The van der Waals surface area contributed by atoms with Gasteiger partial charge in [-0.25, -0.2) is 0 Å². The van der Waals surface area contributed by atoms with Gasteiger partial charge in [0, 0.05) is 4.90 Å². The van der Waals surface area contributed by atoms with Crippen molar-refractivity contribution in [1.82, 2.24) is 0 Å². The number of thioether (sulfide) groups is 1. The van der Waals surface area contributed by atoms with Gasteiger partial charge in [-0.05, 0) is 44.7 Å². The molecule has 0 saturated heterocycles. The number of aryl methyl sites for hydroxylation is 3. The Morgan fingerprint density at radius 2 is 1.64 bits per heavy atom. The lowest BCUT2D eigenvalue weighted by Crippen LogP contribution is -2.16. The van der Waals surface area contributed by atoms with Crippen LogP contribution in [0.1, 0.15) is 29.5 Å². The van der Waals surface area contributed by atoms with Gasteiger partial charge in [0.05, 0.1) is 4.87 Å². The standard InChI is InChI=1S/C12H17NS/c1-8-6-9(2)11(10(3)7-8)14-12(13)4-5-12/h6-7H,4-5,13H2,1-3H3. The van der Waals surface area contributed by atoms with Gasteiger partial charge in [-0.2, -0.15) is 0 Å². The summed E-state index contributed by atoms with van der Waals surface area (Å²) in [4.78, 5) is 1.43. The minimum atomic E-state index is 0.0464. The normalized spacial score (nSPS) is 18.3. The molecule has 14 heavy (non-hydrogen) atoms. The first kappa shape index (κ1) is 10.1. The second kappa shape index (κ2) is 3.28. The van der Waals surface area contributed by atoms with Crippen LogP contribution >= 0.6 is 11.8 Å². The van der Waals surface area contributed by atoms with Crippen molar-refractivity contribution in [3.05, 3.63) is 28.8 Å². The van der Waals surface area contributed by atoms with E-state index >= 15 is 0 Å². The Morgan fingerprint density at radius 3 is 2.07 bits per heavy atom. The second-order valence-electron chi connectivity index (χ2n) is 4.39. The van der Waals surface area contributed by atoms with Crippen LogP contribution in [0.15, 0.2) is 17.0 Å². The van der Waals surface area contributed by atoms with Crippen LogP contribution in [0.5, 0.6) is 0 Å². The van der Waals surface area contributed by atoms with Crippen LogP contribution in [0.2, 0.25) is 0 Å². The fraction of sp³-hybridized carbons (Fsp3) is 0.500. The van der Waals surface area contributed by atoms with E-state index in [2.05, 4.69) is 32.9 Å². The summed E-state index contributed by atoms with van der Waals surface area (Å²) < 4.78 is 0. The SMILES string of the molecule is Cc1cc(C)c(SC2(N)CC2)c(C)c1. The molecular weight excluding hydrogens is 190 g/mol. The number of rotatable bonds is 2. The van der Waals surface area contributed by atoms with Crippen molar-refractivity contribution in [2.75, 3.05) is 0 Å². The number of hydrogen-bond donors (Lipinski definition) is 1. The molecule has 2 rings (SSSR count). The summed E-state index contributed by atoms with van der Waals surface area (Å²) in [6, 6.07) is 4.47. The minimum absolute atomic E-state index is 0.0464. The largest absolute Gasteiger partial charge is 0.317 e. The number of nitrogens with two attached hydrogens (primary N) is 1. The first-order valence-electron chi connectivity index (χ1n) is 5.06. The van der Waals surface area contributed by atoms with Crippen molar-refractivity contribution >= 4 is 11.8 Å². The highest BCUT2D eigenvalue weighted by Gasteiger charge is 2.39. The van der Waals surface area contributed by atoms with E-state index in [1.165, 1.54) is 21.6 Å². The van der Waals surface area contributed by atoms with Crippen molar-refractivity contribution in [3.8, 4) is 0 Å². The maximum atomic E-state index is 6.12. The topological polar surface area (TPSA) is 26.0 Å². The maximum Gasteiger partial charge on any atom is 0.0669 e. The number of benzene rings is 1. The average molecular weight is 207 g/mol. The van der Waals surface area contributed by atoms with Gasteiger partial charge < -0.3 is 5.73 Å². The molecule has 2 heteroatoms. The molecular formula is C12H17NS. The third kappa shape index (κ3) is 1.96. The van der Waals surface area contributed by atoms with Crippen LogP contribution < -0.4 is 5.73 Å². The van der Waals surface area contributed by atoms with Crippen molar-refractivity contribution in [1.29, 1.82) is 0 Å². The molecule has 1 nitrogen and oxygen atoms in total. The molecule has 1 saturated carbocycles. The summed E-state index contributed by atoms with van der Waals surface area (Å²) in [5, 5.41) is 0. The molecule has 0 amide bonds. The molecule has 1 aromatic rings. The molecule has 0 atom stereocenters. The molecule has 0 aliphatic heterocycles. The zero-order chi connectivity index (χ0) is 10.3. The van der Waals surface area contributed by atoms with E-state index in [4.69, 9.17) is 5.73 Å². The van der Waals surface area contributed by atoms with Gasteiger partial charge in [0.1, 0.15) is 0 Å². The van der Waals surface area contributed by atoms with Crippen molar-refractivity contribution < 1.29 is 0 Å². The molecule has 1 aromatic carbocycles. The van der Waals surface area contributed by atoms with Crippen LogP contribution in [0.25, 0.3) is 0 Å². The predicted molar refractivity (Wildman–Crippen MR) is 62.7 cm³/mol. The van der Waals surface area contributed by atoms with Crippen LogP contribution in [0, 0.1) is 20.8 Å². The zero-order valence-electron chi connectivity index (χ0n) is 9.05. The summed E-state index contributed by atoms with van der Waals surface area (Å²) in [7, 11) is 0. The lowest BCUT2D eigenvalue weighted by atomic mass is 10.1. The molecule has 1 aliphatic rings. The third-order valence-corrected chi connectivity index (χ3v) is 4.32. The van der Waals surface area contributed by atoms with Crippen molar-refractivity contribution in [3.63, 3.8) is 0 Å². The molecule has 0 spiro atoms. The van der Waals surface area contributed by atoms with Gasteiger partial charge in [-0.3, -0.25) is 0 Å². The molecule has 1 aliphatic carbocycles. The van der Waals surface area contributed by atoms with Gasteiger partial charge in [0.15, 0.2) is 0 Å². The van der Waals surface area contributed by atoms with Crippen LogP contribution in [0.3, 0.4) is 0 Å². The lowest BCUT2D eigenvalue weighted by molar-refractivity contribution is 0.976. The lowest BCUT2D eigenvalue weighted by Gasteiger charge is -2.14. The fourth-order valence-electron chi connectivity index (χ4n) is 1.76. The maximum absolute atomic E-state index is 6.12. The zero-order valence-corrected chi connectivity index (χ0v) is 9.87. The molecule has 76 valence electrons. The predicted octanol–water partition coefficient (Wildman–Crippen LogP) is 3.15. The van der Waals surface area contributed by atoms with Crippen molar-refractivity contribution in [2.45, 2.75) is 43.4 Å². The first-order valence-corrected chi connectivity index (χ1v) is 5.88. The van der Waals surface area contributed by atoms with Crippen LogP contribution in [-0.2, 0) is 0 Å². The van der Waals surface area contributed by atoms with Gasteiger partial charge >= 0.3 is 0 Å². The summed E-state index contributed by atoms with van der Waals surface area (Å²) in [6.45, 7) is 6.49. The molecule has 0 bridgehead atoms. The smallest absolute Gasteiger partial charge is 0.0669 e. The highest BCUT2D eigenvalue weighted by Crippen LogP contribution is 2.48. The first-order chi connectivity index (χ1) is 6.50. The molecule has 0 heterocycles. The number of hydrogen-bond acceptors (Lipinski definition) is 2. The van der Waals surface area contributed by atoms with E-state index in [0.717, 1.165) is 12.8 Å². The van der Waals surface area contributed by atoms with Gasteiger partial charge in [0.2, 0.25) is 0 Å². The molecule has 0 aromatic heterocycles. The van der Waals surface area contributed by atoms with Gasteiger partial charge in [0.25, 0.3) is 0 Å². The quantitative estimate of drug-likeness (QED) is 0.754. The Kier molecular flexibility index (Phi) is 2.36. The van der Waals surface area contributed by atoms with E-state index < -0.39 is 0 Å². The van der Waals surface area contributed by atoms with Crippen molar-refractivity contribution in [2.24, 2.45) is 5.73 Å². The van der Waals surface area contributed by atoms with Gasteiger partial charge in [-0.1, -0.05) is 17.7 Å². The van der Waals surface area contributed by atoms with E-state index in [1.54, 1.807) is 0 Å². The third-order valence-electron chi connectivity index (χ3n) is 2.65. The van der Waals surface area contributed by atoms with Crippen LogP contribution in [-0.4, -0.2) is 4.87 Å². The summed E-state index contributed by atoms with van der Waals surface area (Å²) >= 11 is 1.85. The Balaban J connectivity index is 2.32. The minimum Gasteiger partial charge on any atom is -0.317 e. The average Bonchev–Trinajstić information content (AvgIpc) is 2.77. The van der Waals surface area contributed by atoms with E-state index in [9.17, 15) is 0 Å². The highest BCUT2D eigenvalue weighted by atomic mass is 32.2. The fourth-order valence-corrected chi connectivity index (χ4v) is 2.91. The van der Waals surface area contributed by atoms with E-state index in [1.807, 2.05) is 11.8 Å². The van der Waals surface area contributed by atoms with E-state index in [0.29, 0.717) is 0 Å². The summed E-state index contributed by atoms with van der Waals surface area (Å²) in [5.41, 5.74) is 10.2. The molecule has 0 radical (unpaired) electrons. The Bertz CT molecular complexity index is 344. The highest BCUT2D eigenvalue weighted by molar-refractivity contribution is 8.01.